The summed E-state index contributed by atoms with van der Waals surface area (Å²) in [6.45, 7) is 5.09. The lowest BCUT2D eigenvalue weighted by atomic mass is 10.2. The van der Waals surface area contributed by atoms with E-state index in [-0.39, 0.29) is 37.4 Å². The van der Waals surface area contributed by atoms with Crippen molar-refractivity contribution in [2.24, 2.45) is 5.73 Å². The first-order valence-corrected chi connectivity index (χ1v) is 8.64. The van der Waals surface area contributed by atoms with E-state index in [9.17, 15) is 0 Å². The Kier molecular flexibility index (Phi) is 8.66. The fourth-order valence-electron chi connectivity index (χ4n) is 2.50. The predicted octanol–water partition coefficient (Wildman–Crippen LogP) is 4.00. The van der Waals surface area contributed by atoms with Crippen molar-refractivity contribution in [1.82, 2.24) is 20.0 Å². The zero-order valence-corrected chi connectivity index (χ0v) is 17.3. The maximum Gasteiger partial charge on any atom is 0.240 e. The van der Waals surface area contributed by atoms with Crippen LogP contribution >= 0.6 is 36.2 Å². The molecule has 0 radical (unpaired) electrons. The summed E-state index contributed by atoms with van der Waals surface area (Å²) in [5.41, 5.74) is 7.72. The van der Waals surface area contributed by atoms with Crippen LogP contribution in [0.1, 0.15) is 35.3 Å². The molecule has 1 atom stereocenters. The first kappa shape index (κ1) is 22.5. The molecule has 1 unspecified atom stereocenters. The summed E-state index contributed by atoms with van der Waals surface area (Å²) < 4.78 is 5.06. The molecule has 142 valence electrons. The smallest absolute Gasteiger partial charge is 0.240 e. The summed E-state index contributed by atoms with van der Waals surface area (Å²) in [4.78, 5) is 12.4. The highest BCUT2D eigenvalue weighted by Gasteiger charge is 2.20. The lowest BCUT2D eigenvalue weighted by Crippen LogP contribution is -2.22. The van der Waals surface area contributed by atoms with Crippen LogP contribution in [-0.4, -0.2) is 27.1 Å². The van der Waals surface area contributed by atoms with E-state index in [1.165, 1.54) is 4.88 Å². The Morgan fingerprint density at radius 3 is 2.50 bits per heavy atom. The molecule has 26 heavy (non-hydrogen) atoms. The minimum absolute atomic E-state index is 0. The molecule has 6 nitrogen and oxygen atoms in total. The van der Waals surface area contributed by atoms with E-state index in [4.69, 9.17) is 15.2 Å². The fourth-order valence-corrected chi connectivity index (χ4v) is 3.69. The Balaban J connectivity index is 0.00000169. The van der Waals surface area contributed by atoms with Crippen molar-refractivity contribution in [3.05, 3.63) is 52.6 Å². The minimum atomic E-state index is 0. The molecule has 0 saturated heterocycles. The molecule has 2 N–H and O–H groups in total. The highest BCUT2D eigenvalue weighted by molar-refractivity contribution is 7.15. The average Bonchev–Trinajstić information content (AvgIpc) is 3.21. The lowest BCUT2D eigenvalue weighted by molar-refractivity contribution is 0.244. The van der Waals surface area contributed by atoms with Gasteiger partial charge in [-0.3, -0.25) is 4.90 Å². The van der Waals surface area contributed by atoms with Crippen LogP contribution in [-0.2, 0) is 13.1 Å². The highest BCUT2D eigenvalue weighted by Crippen LogP contribution is 2.34. The number of benzene rings is 1. The Morgan fingerprint density at radius 1 is 1.19 bits per heavy atom. The summed E-state index contributed by atoms with van der Waals surface area (Å²) in [6.07, 6.45) is 0. The van der Waals surface area contributed by atoms with Crippen molar-refractivity contribution in [2.45, 2.75) is 33.0 Å². The van der Waals surface area contributed by atoms with Crippen molar-refractivity contribution >= 4 is 36.2 Å². The van der Waals surface area contributed by atoms with Crippen LogP contribution in [0.25, 0.3) is 10.6 Å². The molecule has 9 heteroatoms. The van der Waals surface area contributed by atoms with E-state index < -0.39 is 0 Å². The van der Waals surface area contributed by atoms with Crippen LogP contribution in [0.5, 0.6) is 0 Å². The minimum Gasteiger partial charge on any atom is -0.338 e. The van der Waals surface area contributed by atoms with Crippen molar-refractivity contribution < 1.29 is 4.52 Å². The van der Waals surface area contributed by atoms with Gasteiger partial charge in [-0.25, -0.2) is 4.98 Å². The molecule has 2 aromatic heterocycles. The van der Waals surface area contributed by atoms with Gasteiger partial charge in [-0.15, -0.1) is 36.2 Å². The quantitative estimate of drug-likeness (QED) is 0.654. The molecular weight excluding hydrogens is 393 g/mol. The summed E-state index contributed by atoms with van der Waals surface area (Å²) in [7, 11) is 2.05. The first-order valence-electron chi connectivity index (χ1n) is 7.83. The van der Waals surface area contributed by atoms with Gasteiger partial charge in [0.25, 0.3) is 0 Å². The van der Waals surface area contributed by atoms with Crippen LogP contribution in [0.2, 0.25) is 0 Å². The van der Waals surface area contributed by atoms with Crippen molar-refractivity contribution in [2.75, 3.05) is 7.05 Å². The topological polar surface area (TPSA) is 81.1 Å². The number of rotatable bonds is 6. The molecule has 0 spiro atoms. The van der Waals surface area contributed by atoms with Gasteiger partial charge < -0.3 is 10.3 Å². The predicted molar refractivity (Wildman–Crippen MR) is 109 cm³/mol. The Morgan fingerprint density at radius 2 is 1.88 bits per heavy atom. The van der Waals surface area contributed by atoms with E-state index in [1.54, 1.807) is 11.3 Å². The molecule has 0 aliphatic rings. The molecule has 1 aromatic carbocycles. The van der Waals surface area contributed by atoms with E-state index in [2.05, 4.69) is 41.0 Å². The standard InChI is InChI=1S/C17H21N5OS.2ClH/c1-11-16(24-17(19-11)13-7-5-4-6-8-13)12(2)22(3)10-14-20-15(9-18)23-21-14;;/h4-8,12H,9-10,18H2,1-3H3;2*1H. The Hall–Kier alpha value is -1.51. The van der Waals surface area contributed by atoms with Gasteiger partial charge in [0.15, 0.2) is 5.82 Å². The van der Waals surface area contributed by atoms with Gasteiger partial charge in [-0.2, -0.15) is 4.98 Å². The molecule has 0 aliphatic carbocycles. The fraction of sp³-hybridized carbons (Fsp3) is 0.353. The number of hydrogen-bond donors (Lipinski definition) is 1. The Labute approximate surface area is 169 Å². The molecule has 0 amide bonds. The third-order valence-electron chi connectivity index (χ3n) is 3.97. The molecular formula is C17H23Cl2N5OS. The SMILES string of the molecule is Cc1nc(-c2ccccc2)sc1C(C)N(C)Cc1noc(CN)n1.Cl.Cl. The largest absolute Gasteiger partial charge is 0.338 e. The van der Waals surface area contributed by atoms with Gasteiger partial charge in [0.2, 0.25) is 5.89 Å². The molecule has 0 aliphatic heterocycles. The molecule has 0 saturated carbocycles. The average molecular weight is 416 g/mol. The molecule has 2 heterocycles. The zero-order chi connectivity index (χ0) is 17.1. The molecule has 0 fully saturated rings. The Bertz CT molecular complexity index is 809. The van der Waals surface area contributed by atoms with Crippen molar-refractivity contribution in [3.63, 3.8) is 0 Å². The molecule has 3 aromatic rings. The highest BCUT2D eigenvalue weighted by atomic mass is 35.5. The molecule has 0 bridgehead atoms. The van der Waals surface area contributed by atoms with Crippen LogP contribution < -0.4 is 5.73 Å². The summed E-state index contributed by atoms with van der Waals surface area (Å²) in [5.74, 6) is 1.11. The number of nitrogens with two attached hydrogens (primary N) is 1. The first-order chi connectivity index (χ1) is 11.6. The van der Waals surface area contributed by atoms with Gasteiger partial charge in [0.1, 0.15) is 5.01 Å². The van der Waals surface area contributed by atoms with Crippen LogP contribution in [0.15, 0.2) is 34.9 Å². The van der Waals surface area contributed by atoms with E-state index >= 15 is 0 Å². The summed E-state index contributed by atoms with van der Waals surface area (Å²) >= 11 is 1.73. The zero-order valence-electron chi connectivity index (χ0n) is 14.9. The number of nitrogens with zero attached hydrogens (tertiary/aromatic N) is 4. The summed E-state index contributed by atoms with van der Waals surface area (Å²) in [6, 6.07) is 10.5. The van der Waals surface area contributed by atoms with Gasteiger partial charge in [0.05, 0.1) is 18.8 Å². The van der Waals surface area contributed by atoms with Crippen LogP contribution in [0.4, 0.5) is 0 Å². The van der Waals surface area contributed by atoms with Crippen LogP contribution in [0.3, 0.4) is 0 Å². The second kappa shape index (κ2) is 9.99. The third-order valence-corrected chi connectivity index (χ3v) is 5.35. The monoisotopic (exact) mass is 415 g/mol. The second-order valence-electron chi connectivity index (χ2n) is 5.73. The van der Waals surface area contributed by atoms with E-state index in [0.29, 0.717) is 18.3 Å². The third kappa shape index (κ3) is 5.02. The van der Waals surface area contributed by atoms with Gasteiger partial charge in [-0.05, 0) is 20.9 Å². The number of aryl methyl sites for hydroxylation is 1. The van der Waals surface area contributed by atoms with Crippen molar-refractivity contribution in [1.29, 1.82) is 0 Å². The second-order valence-corrected chi connectivity index (χ2v) is 6.76. The van der Waals surface area contributed by atoms with E-state index in [1.807, 2.05) is 25.2 Å². The normalized spacial score (nSPS) is 11.7. The molecule has 3 rings (SSSR count). The van der Waals surface area contributed by atoms with Gasteiger partial charge in [0, 0.05) is 16.5 Å². The number of thiazole rings is 1. The van der Waals surface area contributed by atoms with Crippen LogP contribution in [0, 0.1) is 6.92 Å². The van der Waals surface area contributed by atoms with Gasteiger partial charge >= 0.3 is 0 Å². The van der Waals surface area contributed by atoms with E-state index in [0.717, 1.165) is 16.3 Å². The number of halogens is 2. The number of aromatic nitrogens is 3. The van der Waals surface area contributed by atoms with Crippen molar-refractivity contribution in [3.8, 4) is 10.6 Å². The van der Waals surface area contributed by atoms with Gasteiger partial charge in [-0.1, -0.05) is 35.5 Å². The maximum atomic E-state index is 5.51. The maximum absolute atomic E-state index is 5.51. The number of hydrogen-bond acceptors (Lipinski definition) is 7. The summed E-state index contributed by atoms with van der Waals surface area (Å²) in [5, 5.41) is 5.01. The lowest BCUT2D eigenvalue weighted by Gasteiger charge is -2.22.